The van der Waals surface area contributed by atoms with E-state index in [2.05, 4.69) is 32.5 Å². The molecule has 4 nitrogen and oxygen atoms in total. The van der Waals surface area contributed by atoms with Gasteiger partial charge in [-0.3, -0.25) is 9.69 Å². The highest BCUT2D eigenvalue weighted by Gasteiger charge is 2.06. The minimum atomic E-state index is -0.175. The molecule has 0 amide bonds. The number of ether oxygens (including phenoxy) is 2. The number of hydrogen-bond acceptors (Lipinski definition) is 4. The topological polar surface area (TPSA) is 38.8 Å². The van der Waals surface area contributed by atoms with Crippen molar-refractivity contribution in [3.05, 3.63) is 28.7 Å². The molecule has 1 aromatic rings. The summed E-state index contributed by atoms with van der Waals surface area (Å²) >= 11 is 3.40. The van der Waals surface area contributed by atoms with Crippen molar-refractivity contribution in [2.24, 2.45) is 0 Å². The van der Waals surface area contributed by atoms with Gasteiger partial charge in [0, 0.05) is 17.6 Å². The lowest BCUT2D eigenvalue weighted by Crippen LogP contribution is -2.30. The number of likely N-dealkylation sites (N-methyl/N-ethyl adjacent to an activating group) is 1. The van der Waals surface area contributed by atoms with Gasteiger partial charge in [-0.25, -0.2) is 0 Å². The number of carbonyl (C=O) groups is 1. The lowest BCUT2D eigenvalue weighted by atomic mass is 10.3. The Hall–Kier alpha value is -1.07. The zero-order valence-electron chi connectivity index (χ0n) is 11.4. The van der Waals surface area contributed by atoms with Crippen LogP contribution >= 0.6 is 15.9 Å². The maximum absolute atomic E-state index is 11.1. The van der Waals surface area contributed by atoms with E-state index in [1.54, 1.807) is 0 Å². The normalized spacial score (nSPS) is 10.5. The molecule has 1 rings (SSSR count). The molecule has 0 saturated heterocycles. The molecule has 0 saturated carbocycles. The molecular formula is C14H20BrNO3. The van der Waals surface area contributed by atoms with Gasteiger partial charge >= 0.3 is 5.97 Å². The molecular weight excluding hydrogens is 310 g/mol. The molecule has 19 heavy (non-hydrogen) atoms. The molecule has 0 N–H and O–H groups in total. The van der Waals surface area contributed by atoms with Crippen LogP contribution in [0.25, 0.3) is 0 Å². The SMILES string of the molecule is CCN(CCOc1cccc(Br)c1)CCC(=O)OC. The molecule has 0 fully saturated rings. The van der Waals surface area contributed by atoms with E-state index in [4.69, 9.17) is 4.74 Å². The van der Waals surface area contributed by atoms with Crippen molar-refractivity contribution in [3.63, 3.8) is 0 Å². The molecule has 0 radical (unpaired) electrons. The Labute approximate surface area is 122 Å². The number of benzene rings is 1. The van der Waals surface area contributed by atoms with E-state index in [0.29, 0.717) is 19.6 Å². The lowest BCUT2D eigenvalue weighted by molar-refractivity contribution is -0.141. The van der Waals surface area contributed by atoms with Gasteiger partial charge in [0.05, 0.1) is 13.5 Å². The second kappa shape index (κ2) is 8.93. The van der Waals surface area contributed by atoms with E-state index < -0.39 is 0 Å². The van der Waals surface area contributed by atoms with Gasteiger partial charge in [-0.1, -0.05) is 28.9 Å². The Bertz CT molecular complexity index is 398. The number of nitrogens with zero attached hydrogens (tertiary/aromatic N) is 1. The van der Waals surface area contributed by atoms with Gasteiger partial charge in [0.25, 0.3) is 0 Å². The van der Waals surface area contributed by atoms with E-state index in [0.717, 1.165) is 23.3 Å². The first kappa shape index (κ1) is 16.0. The fourth-order valence-electron chi connectivity index (χ4n) is 1.63. The minimum absolute atomic E-state index is 0.175. The third-order valence-electron chi connectivity index (χ3n) is 2.78. The summed E-state index contributed by atoms with van der Waals surface area (Å²) in [5.74, 6) is 0.671. The van der Waals surface area contributed by atoms with Gasteiger partial charge in [0.2, 0.25) is 0 Å². The predicted molar refractivity (Wildman–Crippen MR) is 78.4 cm³/mol. The fraction of sp³-hybridized carbons (Fsp3) is 0.500. The molecule has 1 aromatic carbocycles. The van der Waals surface area contributed by atoms with E-state index in [-0.39, 0.29) is 5.97 Å². The van der Waals surface area contributed by atoms with Crippen molar-refractivity contribution in [2.75, 3.05) is 33.4 Å². The van der Waals surface area contributed by atoms with Crippen LogP contribution in [0.4, 0.5) is 0 Å². The maximum Gasteiger partial charge on any atom is 0.306 e. The summed E-state index contributed by atoms with van der Waals surface area (Å²) in [6.07, 6.45) is 0.418. The number of methoxy groups -OCH3 is 1. The monoisotopic (exact) mass is 329 g/mol. The molecule has 0 atom stereocenters. The first-order valence-electron chi connectivity index (χ1n) is 6.33. The van der Waals surface area contributed by atoms with Crippen molar-refractivity contribution in [2.45, 2.75) is 13.3 Å². The molecule has 0 aliphatic rings. The molecule has 0 aliphatic carbocycles. The summed E-state index contributed by atoms with van der Waals surface area (Å²) in [4.78, 5) is 13.2. The highest BCUT2D eigenvalue weighted by atomic mass is 79.9. The molecule has 0 unspecified atom stereocenters. The first-order chi connectivity index (χ1) is 9.15. The van der Waals surface area contributed by atoms with Crippen molar-refractivity contribution in [1.82, 2.24) is 4.90 Å². The lowest BCUT2D eigenvalue weighted by Gasteiger charge is -2.19. The number of halogens is 1. The summed E-state index contributed by atoms with van der Waals surface area (Å²) in [6.45, 7) is 5.05. The van der Waals surface area contributed by atoms with Crippen LogP contribution in [-0.4, -0.2) is 44.2 Å². The second-order valence-corrected chi connectivity index (χ2v) is 4.98. The zero-order valence-corrected chi connectivity index (χ0v) is 13.0. The van der Waals surface area contributed by atoms with Crippen LogP contribution in [0, 0.1) is 0 Å². The number of esters is 1. The predicted octanol–water partition coefficient (Wildman–Crippen LogP) is 2.71. The quantitative estimate of drug-likeness (QED) is 0.687. The third kappa shape index (κ3) is 6.59. The highest BCUT2D eigenvalue weighted by Crippen LogP contribution is 2.17. The van der Waals surface area contributed by atoms with Crippen LogP contribution in [0.1, 0.15) is 13.3 Å². The Kier molecular flexibility index (Phi) is 7.52. The van der Waals surface area contributed by atoms with Gasteiger partial charge in [-0.2, -0.15) is 0 Å². The molecule has 0 heterocycles. The average Bonchev–Trinajstić information content (AvgIpc) is 2.42. The van der Waals surface area contributed by atoms with Crippen molar-refractivity contribution >= 4 is 21.9 Å². The average molecular weight is 330 g/mol. The minimum Gasteiger partial charge on any atom is -0.492 e. The highest BCUT2D eigenvalue weighted by molar-refractivity contribution is 9.10. The zero-order chi connectivity index (χ0) is 14.1. The van der Waals surface area contributed by atoms with Crippen LogP contribution < -0.4 is 4.74 Å². The summed E-state index contributed by atoms with van der Waals surface area (Å²) in [5.41, 5.74) is 0. The summed E-state index contributed by atoms with van der Waals surface area (Å²) in [6, 6.07) is 7.76. The van der Waals surface area contributed by atoms with Crippen molar-refractivity contribution < 1.29 is 14.3 Å². The van der Waals surface area contributed by atoms with Crippen LogP contribution in [0.2, 0.25) is 0 Å². The van der Waals surface area contributed by atoms with Crippen molar-refractivity contribution in [3.8, 4) is 5.75 Å². The van der Waals surface area contributed by atoms with Gasteiger partial charge in [-0.05, 0) is 24.7 Å². The standard InChI is InChI=1S/C14H20BrNO3/c1-3-16(8-7-14(17)18-2)9-10-19-13-6-4-5-12(15)11-13/h4-6,11H,3,7-10H2,1-2H3. The van der Waals surface area contributed by atoms with E-state index in [1.165, 1.54) is 7.11 Å². The van der Waals surface area contributed by atoms with Crippen LogP contribution in [0.5, 0.6) is 5.75 Å². The van der Waals surface area contributed by atoms with Crippen LogP contribution in [-0.2, 0) is 9.53 Å². The molecule has 5 heteroatoms. The van der Waals surface area contributed by atoms with Crippen LogP contribution in [0.15, 0.2) is 28.7 Å². The smallest absolute Gasteiger partial charge is 0.306 e. The Morgan fingerprint density at radius 1 is 1.37 bits per heavy atom. The fourth-order valence-corrected chi connectivity index (χ4v) is 2.01. The van der Waals surface area contributed by atoms with E-state index in [1.807, 2.05) is 24.3 Å². The van der Waals surface area contributed by atoms with E-state index >= 15 is 0 Å². The molecule has 0 bridgehead atoms. The van der Waals surface area contributed by atoms with Gasteiger partial charge < -0.3 is 9.47 Å². The number of rotatable bonds is 8. The van der Waals surface area contributed by atoms with Crippen LogP contribution in [0.3, 0.4) is 0 Å². The second-order valence-electron chi connectivity index (χ2n) is 4.07. The largest absolute Gasteiger partial charge is 0.492 e. The van der Waals surface area contributed by atoms with Gasteiger partial charge in [-0.15, -0.1) is 0 Å². The Morgan fingerprint density at radius 2 is 2.16 bits per heavy atom. The first-order valence-corrected chi connectivity index (χ1v) is 7.12. The molecule has 0 aromatic heterocycles. The Balaban J connectivity index is 2.27. The molecule has 0 spiro atoms. The van der Waals surface area contributed by atoms with Gasteiger partial charge in [0.15, 0.2) is 0 Å². The van der Waals surface area contributed by atoms with E-state index in [9.17, 15) is 4.79 Å². The number of carbonyl (C=O) groups excluding carboxylic acids is 1. The third-order valence-corrected chi connectivity index (χ3v) is 3.27. The summed E-state index contributed by atoms with van der Waals surface area (Å²) in [5, 5.41) is 0. The molecule has 0 aliphatic heterocycles. The summed E-state index contributed by atoms with van der Waals surface area (Å²) < 4.78 is 11.3. The maximum atomic E-state index is 11.1. The van der Waals surface area contributed by atoms with Crippen molar-refractivity contribution in [1.29, 1.82) is 0 Å². The van der Waals surface area contributed by atoms with Gasteiger partial charge in [0.1, 0.15) is 12.4 Å². The molecule has 106 valence electrons. The number of hydrogen-bond donors (Lipinski definition) is 0. The Morgan fingerprint density at radius 3 is 2.79 bits per heavy atom. The summed E-state index contributed by atoms with van der Waals surface area (Å²) in [7, 11) is 1.41.